The number of anilines is 1. The minimum absolute atomic E-state index is 0.0364. The SMILES string of the molecule is CCS(=O)c1c(OC(F)(F)F)ccc(C(=O)Nc2nnnn2C)c1C. The molecule has 0 aliphatic carbocycles. The largest absolute Gasteiger partial charge is 0.573 e. The zero-order chi connectivity index (χ0) is 18.8. The molecular formula is C13H14F3N5O3S. The van der Waals surface area contributed by atoms with Crippen LogP contribution in [0.4, 0.5) is 19.1 Å². The first-order valence-electron chi connectivity index (χ1n) is 6.95. The lowest BCUT2D eigenvalue weighted by atomic mass is 10.1. The van der Waals surface area contributed by atoms with Gasteiger partial charge >= 0.3 is 6.36 Å². The van der Waals surface area contributed by atoms with Gasteiger partial charge in [0, 0.05) is 18.4 Å². The monoisotopic (exact) mass is 377 g/mol. The van der Waals surface area contributed by atoms with E-state index in [2.05, 4.69) is 25.6 Å². The Morgan fingerprint density at radius 2 is 2.08 bits per heavy atom. The van der Waals surface area contributed by atoms with Gasteiger partial charge in [0.05, 0.1) is 15.7 Å². The molecule has 0 bridgehead atoms. The van der Waals surface area contributed by atoms with Gasteiger partial charge in [-0.15, -0.1) is 13.2 Å². The summed E-state index contributed by atoms with van der Waals surface area (Å²) in [6, 6.07) is 2.12. The highest BCUT2D eigenvalue weighted by atomic mass is 32.2. The zero-order valence-electron chi connectivity index (χ0n) is 13.4. The van der Waals surface area contributed by atoms with E-state index in [1.807, 2.05) is 0 Å². The molecule has 136 valence electrons. The number of hydrogen-bond donors (Lipinski definition) is 1. The summed E-state index contributed by atoms with van der Waals surface area (Å²) in [6.45, 7) is 2.95. The van der Waals surface area contributed by atoms with E-state index in [1.54, 1.807) is 6.92 Å². The minimum Gasteiger partial charge on any atom is -0.404 e. The van der Waals surface area contributed by atoms with Gasteiger partial charge in [-0.1, -0.05) is 12.0 Å². The second-order valence-electron chi connectivity index (χ2n) is 4.83. The van der Waals surface area contributed by atoms with E-state index in [9.17, 15) is 22.2 Å². The highest BCUT2D eigenvalue weighted by molar-refractivity contribution is 7.85. The van der Waals surface area contributed by atoms with Gasteiger partial charge in [-0.05, 0) is 35.0 Å². The number of rotatable bonds is 5. The highest BCUT2D eigenvalue weighted by Crippen LogP contribution is 2.33. The Kier molecular flexibility index (Phi) is 5.40. The minimum atomic E-state index is -4.94. The van der Waals surface area contributed by atoms with E-state index in [0.29, 0.717) is 0 Å². The fourth-order valence-electron chi connectivity index (χ4n) is 2.05. The maximum absolute atomic E-state index is 12.6. The average molecular weight is 377 g/mol. The first kappa shape index (κ1) is 18.8. The Balaban J connectivity index is 2.45. The lowest BCUT2D eigenvalue weighted by molar-refractivity contribution is -0.275. The second kappa shape index (κ2) is 7.17. The Morgan fingerprint density at radius 3 is 2.60 bits per heavy atom. The van der Waals surface area contributed by atoms with Gasteiger partial charge in [0.15, 0.2) is 0 Å². The molecule has 12 heteroatoms. The summed E-state index contributed by atoms with van der Waals surface area (Å²) in [4.78, 5) is 12.2. The number of aromatic nitrogens is 4. The molecular weight excluding hydrogens is 363 g/mol. The van der Waals surface area contributed by atoms with Gasteiger partial charge in [-0.3, -0.25) is 14.3 Å². The number of ether oxygens (including phenoxy) is 1. The van der Waals surface area contributed by atoms with E-state index >= 15 is 0 Å². The van der Waals surface area contributed by atoms with E-state index in [0.717, 1.165) is 12.1 Å². The Morgan fingerprint density at radius 1 is 1.40 bits per heavy atom. The van der Waals surface area contributed by atoms with Crippen LogP contribution in [0.3, 0.4) is 0 Å². The quantitative estimate of drug-likeness (QED) is 0.853. The van der Waals surface area contributed by atoms with Crippen LogP contribution < -0.4 is 10.1 Å². The molecule has 0 saturated heterocycles. The molecule has 1 N–H and O–H groups in total. The second-order valence-corrected chi connectivity index (χ2v) is 6.50. The number of hydrogen-bond acceptors (Lipinski definition) is 6. The predicted octanol–water partition coefficient (Wildman–Crippen LogP) is 1.80. The van der Waals surface area contributed by atoms with Gasteiger partial charge in [0.2, 0.25) is 5.95 Å². The van der Waals surface area contributed by atoms with Gasteiger partial charge in [-0.25, -0.2) is 4.68 Å². The third-order valence-electron chi connectivity index (χ3n) is 3.18. The first-order valence-corrected chi connectivity index (χ1v) is 8.27. The van der Waals surface area contributed by atoms with Gasteiger partial charge in [0.25, 0.3) is 5.91 Å². The van der Waals surface area contributed by atoms with E-state index in [-0.39, 0.29) is 27.7 Å². The lowest BCUT2D eigenvalue weighted by Crippen LogP contribution is -2.21. The molecule has 25 heavy (non-hydrogen) atoms. The van der Waals surface area contributed by atoms with Crippen LogP contribution in [0.15, 0.2) is 17.0 Å². The molecule has 0 aliphatic heterocycles. The van der Waals surface area contributed by atoms with Crippen molar-refractivity contribution in [2.45, 2.75) is 25.1 Å². The normalized spacial score (nSPS) is 12.7. The highest BCUT2D eigenvalue weighted by Gasteiger charge is 2.33. The van der Waals surface area contributed by atoms with Crippen LogP contribution in [0.25, 0.3) is 0 Å². The molecule has 1 unspecified atom stereocenters. The van der Waals surface area contributed by atoms with Gasteiger partial charge in [-0.2, -0.15) is 0 Å². The van der Waals surface area contributed by atoms with Crippen molar-refractivity contribution >= 4 is 22.7 Å². The molecule has 2 rings (SSSR count). The maximum atomic E-state index is 12.6. The zero-order valence-corrected chi connectivity index (χ0v) is 14.2. The summed E-state index contributed by atoms with van der Waals surface area (Å²) in [5.41, 5.74) is 0.156. The summed E-state index contributed by atoms with van der Waals surface area (Å²) in [7, 11) is -0.268. The number of alkyl halides is 3. The van der Waals surface area contributed by atoms with Crippen molar-refractivity contribution in [3.05, 3.63) is 23.3 Å². The Labute approximate surface area is 142 Å². The Bertz CT molecular complexity index is 822. The van der Waals surface area contributed by atoms with E-state index < -0.39 is 28.8 Å². The van der Waals surface area contributed by atoms with Crippen LogP contribution >= 0.6 is 0 Å². The summed E-state index contributed by atoms with van der Waals surface area (Å²) >= 11 is 0. The topological polar surface area (TPSA) is 99.0 Å². The number of halogens is 3. The van der Waals surface area contributed by atoms with E-state index in [1.165, 1.54) is 18.7 Å². The summed E-state index contributed by atoms with van der Waals surface area (Å²) in [5, 5.41) is 12.9. The fourth-order valence-corrected chi connectivity index (χ4v) is 3.12. The first-order chi connectivity index (χ1) is 11.6. The molecule has 1 aromatic carbocycles. The van der Waals surface area contributed by atoms with Crippen LogP contribution in [-0.4, -0.2) is 42.4 Å². The number of nitrogens with zero attached hydrogens (tertiary/aromatic N) is 4. The molecule has 1 aromatic heterocycles. The van der Waals surface area contributed by atoms with Crippen LogP contribution in [0.5, 0.6) is 5.75 Å². The van der Waals surface area contributed by atoms with Crippen molar-refractivity contribution in [3.8, 4) is 5.75 Å². The fraction of sp³-hybridized carbons (Fsp3) is 0.385. The van der Waals surface area contributed by atoms with Crippen LogP contribution in [0.2, 0.25) is 0 Å². The van der Waals surface area contributed by atoms with Crippen molar-refractivity contribution in [2.75, 3.05) is 11.1 Å². The molecule has 8 nitrogen and oxygen atoms in total. The van der Waals surface area contributed by atoms with Crippen molar-refractivity contribution in [2.24, 2.45) is 7.05 Å². The Hall–Kier alpha value is -2.50. The van der Waals surface area contributed by atoms with Crippen molar-refractivity contribution in [1.29, 1.82) is 0 Å². The lowest BCUT2D eigenvalue weighted by Gasteiger charge is -2.16. The number of aryl methyl sites for hydroxylation is 1. The molecule has 1 atom stereocenters. The summed E-state index contributed by atoms with van der Waals surface area (Å²) in [5.74, 6) is -1.13. The number of carbonyl (C=O) groups is 1. The number of nitrogens with one attached hydrogen (secondary N) is 1. The number of benzene rings is 1. The maximum Gasteiger partial charge on any atom is 0.573 e. The standard InChI is InChI=1S/C13H14F3N5O3S/c1-4-25(23)10-7(2)8(5-6-9(10)24-13(14,15)16)11(22)17-12-18-19-20-21(12)3/h5-6H,4H2,1-3H3,(H,17,18,20,22). The smallest absolute Gasteiger partial charge is 0.404 e. The van der Waals surface area contributed by atoms with Crippen molar-refractivity contribution < 1.29 is 26.9 Å². The number of amides is 1. The van der Waals surface area contributed by atoms with Gasteiger partial charge < -0.3 is 4.74 Å². The molecule has 0 spiro atoms. The summed E-state index contributed by atoms with van der Waals surface area (Å²) < 4.78 is 55.0. The number of carbonyl (C=O) groups excluding carboxylic acids is 1. The average Bonchev–Trinajstić information content (AvgIpc) is 2.90. The molecule has 0 fully saturated rings. The number of tetrazole rings is 1. The summed E-state index contributed by atoms with van der Waals surface area (Å²) in [6.07, 6.45) is -4.94. The van der Waals surface area contributed by atoms with E-state index in [4.69, 9.17) is 0 Å². The molecule has 2 aromatic rings. The van der Waals surface area contributed by atoms with Crippen LogP contribution in [0, 0.1) is 6.92 Å². The third-order valence-corrected chi connectivity index (χ3v) is 4.66. The van der Waals surface area contributed by atoms with Crippen LogP contribution in [-0.2, 0) is 17.8 Å². The van der Waals surface area contributed by atoms with Gasteiger partial charge in [0.1, 0.15) is 5.75 Å². The molecule has 0 saturated carbocycles. The van der Waals surface area contributed by atoms with Crippen molar-refractivity contribution in [1.82, 2.24) is 20.2 Å². The molecule has 1 amide bonds. The molecule has 1 heterocycles. The predicted molar refractivity (Wildman–Crippen MR) is 81.6 cm³/mol. The van der Waals surface area contributed by atoms with Crippen LogP contribution in [0.1, 0.15) is 22.8 Å². The molecule has 0 aliphatic rings. The van der Waals surface area contributed by atoms with Crippen molar-refractivity contribution in [3.63, 3.8) is 0 Å². The third kappa shape index (κ3) is 4.32. The molecule has 0 radical (unpaired) electrons.